The maximum Gasteiger partial charge on any atom is 0.338 e. The van der Waals surface area contributed by atoms with Crippen molar-refractivity contribution >= 4 is 17.6 Å². The van der Waals surface area contributed by atoms with Gasteiger partial charge in [0.25, 0.3) is 5.91 Å². The Kier molecular flexibility index (Phi) is 6.19. The average molecular weight is 407 g/mol. The minimum Gasteiger partial charge on any atom is -0.457 e. The summed E-state index contributed by atoms with van der Waals surface area (Å²) in [5.41, 5.74) is 4.73. The van der Waals surface area contributed by atoms with Crippen molar-refractivity contribution in [2.24, 2.45) is 0 Å². The highest BCUT2D eigenvalue weighted by Gasteiger charge is 2.09. The predicted molar refractivity (Wildman–Crippen MR) is 122 cm³/mol. The van der Waals surface area contributed by atoms with Crippen LogP contribution in [0.1, 0.15) is 26.3 Å². The van der Waals surface area contributed by atoms with Crippen molar-refractivity contribution in [1.29, 1.82) is 0 Å². The van der Waals surface area contributed by atoms with Crippen molar-refractivity contribution in [3.8, 4) is 11.1 Å². The maximum atomic E-state index is 12.4. The molecule has 0 saturated carbocycles. The number of hydrogen-bond donors (Lipinski definition) is 1. The fraction of sp³-hybridized carbons (Fsp3) is 0.0370. The van der Waals surface area contributed by atoms with Crippen LogP contribution in [0.15, 0.2) is 109 Å². The molecule has 4 rings (SSSR count). The molecule has 4 aromatic rings. The van der Waals surface area contributed by atoms with Gasteiger partial charge in [0.15, 0.2) is 0 Å². The number of para-hydroxylation sites is 1. The number of rotatable bonds is 6. The maximum absolute atomic E-state index is 12.4. The minimum absolute atomic E-state index is 0.139. The zero-order chi connectivity index (χ0) is 21.5. The number of nitrogens with one attached hydrogen (secondary N) is 1. The molecule has 0 saturated heterocycles. The Hall–Kier alpha value is -4.18. The molecule has 1 N–H and O–H groups in total. The lowest BCUT2D eigenvalue weighted by molar-refractivity contribution is 0.0472. The van der Waals surface area contributed by atoms with Gasteiger partial charge in [0.1, 0.15) is 6.61 Å². The smallest absolute Gasteiger partial charge is 0.338 e. The summed E-state index contributed by atoms with van der Waals surface area (Å²) >= 11 is 0. The summed E-state index contributed by atoms with van der Waals surface area (Å²) in [5, 5.41) is 2.84. The number of benzene rings is 4. The van der Waals surface area contributed by atoms with Crippen LogP contribution in [0.4, 0.5) is 5.69 Å². The Balaban J connectivity index is 1.32. The molecular weight excluding hydrogens is 386 g/mol. The second-order valence-corrected chi connectivity index (χ2v) is 7.04. The summed E-state index contributed by atoms with van der Waals surface area (Å²) < 4.78 is 5.42. The molecule has 4 nitrogen and oxygen atoms in total. The Morgan fingerprint density at radius 3 is 1.81 bits per heavy atom. The summed E-state index contributed by atoms with van der Waals surface area (Å²) in [5.74, 6) is -0.571. The molecule has 0 aromatic heterocycles. The van der Waals surface area contributed by atoms with Gasteiger partial charge in [-0.1, -0.05) is 72.8 Å². The highest BCUT2D eigenvalue weighted by molar-refractivity contribution is 6.04. The van der Waals surface area contributed by atoms with Crippen LogP contribution in [0.5, 0.6) is 0 Å². The third-order valence-corrected chi connectivity index (χ3v) is 4.85. The zero-order valence-electron chi connectivity index (χ0n) is 16.8. The molecule has 0 aliphatic carbocycles. The lowest BCUT2D eigenvalue weighted by Gasteiger charge is -2.08. The first-order valence-corrected chi connectivity index (χ1v) is 9.97. The normalized spacial score (nSPS) is 10.3. The van der Waals surface area contributed by atoms with Gasteiger partial charge in [-0.3, -0.25) is 4.79 Å². The van der Waals surface area contributed by atoms with Crippen LogP contribution in [0.25, 0.3) is 11.1 Å². The van der Waals surface area contributed by atoms with Gasteiger partial charge in [-0.2, -0.15) is 0 Å². The molecule has 1 amide bonds. The van der Waals surface area contributed by atoms with Gasteiger partial charge < -0.3 is 10.1 Å². The lowest BCUT2D eigenvalue weighted by Crippen LogP contribution is -2.11. The van der Waals surface area contributed by atoms with Crippen molar-refractivity contribution in [3.05, 3.63) is 126 Å². The molecular formula is C27H21NO3. The summed E-state index contributed by atoms with van der Waals surface area (Å²) in [6.07, 6.45) is 0. The van der Waals surface area contributed by atoms with Crippen molar-refractivity contribution in [1.82, 2.24) is 0 Å². The van der Waals surface area contributed by atoms with E-state index in [-0.39, 0.29) is 18.5 Å². The molecule has 0 radical (unpaired) electrons. The van der Waals surface area contributed by atoms with E-state index in [1.807, 2.05) is 72.8 Å². The molecule has 4 heteroatoms. The summed E-state index contributed by atoms with van der Waals surface area (Å²) in [6.45, 7) is 0.139. The van der Waals surface area contributed by atoms with Gasteiger partial charge in [-0.05, 0) is 53.1 Å². The van der Waals surface area contributed by atoms with E-state index in [9.17, 15) is 9.59 Å². The van der Waals surface area contributed by atoms with E-state index in [0.717, 1.165) is 22.4 Å². The summed E-state index contributed by atoms with van der Waals surface area (Å²) in [6, 6.07) is 33.6. The largest absolute Gasteiger partial charge is 0.457 e. The van der Waals surface area contributed by atoms with E-state index >= 15 is 0 Å². The highest BCUT2D eigenvalue weighted by Crippen LogP contribution is 2.20. The van der Waals surface area contributed by atoms with Gasteiger partial charge in [0.2, 0.25) is 0 Å². The van der Waals surface area contributed by atoms with Crippen molar-refractivity contribution in [2.75, 3.05) is 5.32 Å². The molecule has 152 valence electrons. The van der Waals surface area contributed by atoms with Crippen molar-refractivity contribution in [2.45, 2.75) is 6.61 Å². The van der Waals surface area contributed by atoms with Gasteiger partial charge in [-0.15, -0.1) is 0 Å². The van der Waals surface area contributed by atoms with Crippen LogP contribution < -0.4 is 5.32 Å². The quantitative estimate of drug-likeness (QED) is 0.401. The third kappa shape index (κ3) is 5.25. The molecule has 0 aliphatic heterocycles. The van der Waals surface area contributed by atoms with Gasteiger partial charge in [0.05, 0.1) is 5.56 Å². The zero-order valence-corrected chi connectivity index (χ0v) is 16.8. The second-order valence-electron chi connectivity index (χ2n) is 7.04. The molecule has 0 atom stereocenters. The van der Waals surface area contributed by atoms with E-state index in [2.05, 4.69) is 5.32 Å². The average Bonchev–Trinajstić information content (AvgIpc) is 2.84. The Morgan fingerprint density at radius 2 is 1.16 bits per heavy atom. The summed E-state index contributed by atoms with van der Waals surface area (Å²) in [7, 11) is 0. The van der Waals surface area contributed by atoms with Gasteiger partial charge >= 0.3 is 5.97 Å². The fourth-order valence-electron chi connectivity index (χ4n) is 3.14. The first kappa shape index (κ1) is 20.1. The van der Waals surface area contributed by atoms with Crippen LogP contribution >= 0.6 is 0 Å². The third-order valence-electron chi connectivity index (χ3n) is 4.85. The van der Waals surface area contributed by atoms with Crippen molar-refractivity contribution < 1.29 is 14.3 Å². The number of anilines is 1. The van der Waals surface area contributed by atoms with Crippen LogP contribution in [0, 0.1) is 0 Å². The Bertz CT molecular complexity index is 1150. The van der Waals surface area contributed by atoms with Gasteiger partial charge in [-0.25, -0.2) is 4.79 Å². The van der Waals surface area contributed by atoms with E-state index in [1.165, 1.54) is 0 Å². The molecule has 0 spiro atoms. The highest BCUT2D eigenvalue weighted by atomic mass is 16.5. The molecule has 0 unspecified atom stereocenters. The molecule has 31 heavy (non-hydrogen) atoms. The number of carbonyl (C=O) groups excluding carboxylic acids is 2. The molecule has 4 aromatic carbocycles. The number of esters is 1. The number of ether oxygens (including phenoxy) is 1. The molecule has 0 fully saturated rings. The van der Waals surface area contributed by atoms with Crippen LogP contribution in [0.2, 0.25) is 0 Å². The standard InChI is InChI=1S/C27H21NO3/c29-26(28-25-9-5-2-6-10-25)23-13-11-20(12-14-23)19-31-27(30)24-17-15-22(16-18-24)21-7-3-1-4-8-21/h1-18H,19H2,(H,28,29). The van der Waals surface area contributed by atoms with Crippen molar-refractivity contribution in [3.63, 3.8) is 0 Å². The van der Waals surface area contributed by atoms with E-state index in [1.54, 1.807) is 36.4 Å². The SMILES string of the molecule is O=C(Nc1ccccc1)c1ccc(COC(=O)c2ccc(-c3ccccc3)cc2)cc1. The number of amides is 1. The van der Waals surface area contributed by atoms with E-state index in [0.29, 0.717) is 11.1 Å². The molecule has 0 bridgehead atoms. The predicted octanol–water partition coefficient (Wildman–Crippen LogP) is 5.96. The topological polar surface area (TPSA) is 55.4 Å². The fourth-order valence-corrected chi connectivity index (χ4v) is 3.14. The van der Waals surface area contributed by atoms with Crippen LogP contribution in [0.3, 0.4) is 0 Å². The van der Waals surface area contributed by atoms with E-state index in [4.69, 9.17) is 4.74 Å². The van der Waals surface area contributed by atoms with Crippen LogP contribution in [-0.4, -0.2) is 11.9 Å². The first-order chi connectivity index (χ1) is 15.2. The number of hydrogen-bond acceptors (Lipinski definition) is 3. The second kappa shape index (κ2) is 9.55. The Labute approximate surface area is 181 Å². The Morgan fingerprint density at radius 1 is 0.613 bits per heavy atom. The number of carbonyl (C=O) groups is 2. The monoisotopic (exact) mass is 407 g/mol. The van der Waals surface area contributed by atoms with Gasteiger partial charge in [0, 0.05) is 11.3 Å². The van der Waals surface area contributed by atoms with E-state index < -0.39 is 0 Å². The first-order valence-electron chi connectivity index (χ1n) is 9.97. The van der Waals surface area contributed by atoms with Crippen LogP contribution in [-0.2, 0) is 11.3 Å². The molecule has 0 heterocycles. The summed E-state index contributed by atoms with van der Waals surface area (Å²) in [4.78, 5) is 24.7. The molecule has 0 aliphatic rings. The lowest BCUT2D eigenvalue weighted by atomic mass is 10.0. The minimum atomic E-state index is -0.384.